The first kappa shape index (κ1) is 15.4. The van der Waals surface area contributed by atoms with E-state index in [9.17, 15) is 4.79 Å². The normalized spacial score (nSPS) is 17.2. The summed E-state index contributed by atoms with van der Waals surface area (Å²) in [5, 5.41) is 14.6. The lowest BCUT2D eigenvalue weighted by atomic mass is 9.99. The maximum Gasteiger partial charge on any atom is 0.223 e. The largest absolute Gasteiger partial charge is 0.409 e. The van der Waals surface area contributed by atoms with Crippen molar-refractivity contribution < 1.29 is 10.0 Å². The number of rotatable bonds is 4. The van der Waals surface area contributed by atoms with Gasteiger partial charge in [0, 0.05) is 18.0 Å². The Balaban J connectivity index is 1.86. The van der Waals surface area contributed by atoms with Crippen LogP contribution < -0.4 is 11.1 Å². The number of amides is 1. The van der Waals surface area contributed by atoms with E-state index in [1.54, 1.807) is 12.1 Å². The van der Waals surface area contributed by atoms with Crippen LogP contribution in [-0.2, 0) is 11.3 Å². The fraction of sp³-hybridized carbons (Fsp3) is 0.500. The van der Waals surface area contributed by atoms with Gasteiger partial charge in [-0.3, -0.25) is 4.79 Å². The second-order valence-corrected chi connectivity index (χ2v) is 5.59. The number of carbonyl (C=O) groups excluding carboxylic acids is 1. The monoisotopic (exact) mass is 289 g/mol. The lowest BCUT2D eigenvalue weighted by molar-refractivity contribution is -0.125. The van der Waals surface area contributed by atoms with Crippen molar-refractivity contribution in [1.29, 1.82) is 0 Å². The first-order valence-corrected chi connectivity index (χ1v) is 7.55. The number of oxime groups is 1. The Morgan fingerprint density at radius 2 is 1.81 bits per heavy atom. The smallest absolute Gasteiger partial charge is 0.223 e. The minimum absolute atomic E-state index is 0.0871. The molecule has 4 N–H and O–H groups in total. The van der Waals surface area contributed by atoms with Gasteiger partial charge in [0.1, 0.15) is 0 Å². The molecule has 0 radical (unpaired) electrons. The van der Waals surface area contributed by atoms with E-state index in [2.05, 4.69) is 10.5 Å². The quantitative estimate of drug-likeness (QED) is 0.261. The highest BCUT2D eigenvalue weighted by Crippen LogP contribution is 2.22. The Hall–Kier alpha value is -2.04. The maximum atomic E-state index is 12.2. The predicted octanol–water partition coefficient (Wildman–Crippen LogP) is 2.37. The third kappa shape index (κ3) is 4.48. The van der Waals surface area contributed by atoms with E-state index in [-0.39, 0.29) is 17.7 Å². The Kier molecular flexibility index (Phi) is 5.60. The second kappa shape index (κ2) is 7.67. The summed E-state index contributed by atoms with van der Waals surface area (Å²) in [6, 6.07) is 7.31. The lowest BCUT2D eigenvalue weighted by Crippen LogP contribution is -2.30. The van der Waals surface area contributed by atoms with Gasteiger partial charge in [0.05, 0.1) is 0 Å². The molecule has 0 aromatic heterocycles. The van der Waals surface area contributed by atoms with Crippen molar-refractivity contribution in [2.75, 3.05) is 0 Å². The van der Waals surface area contributed by atoms with E-state index in [0.717, 1.165) is 31.2 Å². The van der Waals surface area contributed by atoms with Gasteiger partial charge in [-0.1, -0.05) is 55.1 Å². The molecule has 1 amide bonds. The third-order valence-corrected chi connectivity index (χ3v) is 4.05. The molecule has 0 atom stereocenters. The molecule has 5 nitrogen and oxygen atoms in total. The van der Waals surface area contributed by atoms with Crippen molar-refractivity contribution in [3.05, 3.63) is 35.4 Å². The number of nitrogens with two attached hydrogens (primary N) is 1. The van der Waals surface area contributed by atoms with Crippen LogP contribution in [0.25, 0.3) is 0 Å². The SMILES string of the molecule is NC(=NO)c1ccc(CNC(=O)C2CCCCCC2)cc1. The zero-order chi connectivity index (χ0) is 15.1. The zero-order valence-electron chi connectivity index (χ0n) is 12.2. The Morgan fingerprint density at radius 1 is 1.19 bits per heavy atom. The minimum atomic E-state index is 0.0871. The molecule has 0 saturated heterocycles. The summed E-state index contributed by atoms with van der Waals surface area (Å²) >= 11 is 0. The number of carbonyl (C=O) groups is 1. The van der Waals surface area contributed by atoms with Crippen molar-refractivity contribution in [1.82, 2.24) is 5.32 Å². The van der Waals surface area contributed by atoms with Gasteiger partial charge in [0.15, 0.2) is 5.84 Å². The van der Waals surface area contributed by atoms with Crippen LogP contribution >= 0.6 is 0 Å². The van der Waals surface area contributed by atoms with Crippen molar-refractivity contribution in [3.63, 3.8) is 0 Å². The van der Waals surface area contributed by atoms with E-state index < -0.39 is 0 Å². The summed E-state index contributed by atoms with van der Waals surface area (Å²) in [5.74, 6) is 0.422. The first-order valence-electron chi connectivity index (χ1n) is 7.55. The highest BCUT2D eigenvalue weighted by atomic mass is 16.4. The van der Waals surface area contributed by atoms with Gasteiger partial charge in [0.25, 0.3) is 0 Å². The molecule has 0 unspecified atom stereocenters. The molecule has 1 aromatic carbocycles. The fourth-order valence-electron chi connectivity index (χ4n) is 2.73. The topological polar surface area (TPSA) is 87.7 Å². The molecule has 21 heavy (non-hydrogen) atoms. The van der Waals surface area contributed by atoms with Gasteiger partial charge in [-0.05, 0) is 18.4 Å². The van der Waals surface area contributed by atoms with Crippen LogP contribution in [-0.4, -0.2) is 17.0 Å². The van der Waals surface area contributed by atoms with Crippen molar-refractivity contribution in [2.45, 2.75) is 45.1 Å². The molecule has 114 valence electrons. The van der Waals surface area contributed by atoms with Crippen LogP contribution in [0.15, 0.2) is 29.4 Å². The van der Waals surface area contributed by atoms with Crippen molar-refractivity contribution in [3.8, 4) is 0 Å². The van der Waals surface area contributed by atoms with Crippen molar-refractivity contribution in [2.24, 2.45) is 16.8 Å². The number of benzene rings is 1. The molecular formula is C16H23N3O2. The number of hydrogen-bond donors (Lipinski definition) is 3. The molecule has 0 bridgehead atoms. The van der Waals surface area contributed by atoms with E-state index in [1.165, 1.54) is 12.8 Å². The molecular weight excluding hydrogens is 266 g/mol. The number of hydrogen-bond acceptors (Lipinski definition) is 3. The van der Waals surface area contributed by atoms with Crippen LogP contribution in [0.2, 0.25) is 0 Å². The molecule has 1 saturated carbocycles. The van der Waals surface area contributed by atoms with Gasteiger partial charge >= 0.3 is 0 Å². The maximum absolute atomic E-state index is 12.2. The van der Waals surface area contributed by atoms with Crippen LogP contribution in [0, 0.1) is 5.92 Å². The third-order valence-electron chi connectivity index (χ3n) is 4.05. The van der Waals surface area contributed by atoms with Gasteiger partial charge in [-0.25, -0.2) is 0 Å². The van der Waals surface area contributed by atoms with Crippen LogP contribution in [0.5, 0.6) is 0 Å². The number of amidine groups is 1. The van der Waals surface area contributed by atoms with Gasteiger partial charge in [0.2, 0.25) is 5.91 Å². The molecule has 0 aliphatic heterocycles. The van der Waals surface area contributed by atoms with Crippen LogP contribution in [0.4, 0.5) is 0 Å². The molecule has 1 aliphatic carbocycles. The van der Waals surface area contributed by atoms with Gasteiger partial charge in [-0.15, -0.1) is 0 Å². The Bertz CT molecular complexity index is 489. The molecule has 1 fully saturated rings. The molecule has 0 heterocycles. The second-order valence-electron chi connectivity index (χ2n) is 5.59. The summed E-state index contributed by atoms with van der Waals surface area (Å²) in [6.45, 7) is 0.520. The highest BCUT2D eigenvalue weighted by molar-refractivity contribution is 5.96. The van der Waals surface area contributed by atoms with Crippen LogP contribution in [0.1, 0.15) is 49.7 Å². The molecule has 2 rings (SSSR count). The predicted molar refractivity (Wildman–Crippen MR) is 82.0 cm³/mol. The summed E-state index contributed by atoms with van der Waals surface area (Å²) in [4.78, 5) is 12.2. The zero-order valence-corrected chi connectivity index (χ0v) is 12.2. The van der Waals surface area contributed by atoms with Crippen molar-refractivity contribution >= 4 is 11.7 Å². The summed E-state index contributed by atoms with van der Waals surface area (Å²) < 4.78 is 0. The average molecular weight is 289 g/mol. The van der Waals surface area contributed by atoms with E-state index in [0.29, 0.717) is 12.1 Å². The molecule has 0 spiro atoms. The summed E-state index contributed by atoms with van der Waals surface area (Å²) in [5.41, 5.74) is 7.18. The van der Waals surface area contributed by atoms with E-state index >= 15 is 0 Å². The molecule has 1 aliphatic rings. The first-order chi connectivity index (χ1) is 10.2. The molecule has 5 heteroatoms. The van der Waals surface area contributed by atoms with Gasteiger partial charge in [-0.2, -0.15) is 0 Å². The van der Waals surface area contributed by atoms with E-state index in [4.69, 9.17) is 10.9 Å². The van der Waals surface area contributed by atoms with Crippen LogP contribution in [0.3, 0.4) is 0 Å². The number of nitrogens with zero attached hydrogens (tertiary/aromatic N) is 1. The summed E-state index contributed by atoms with van der Waals surface area (Å²) in [6.07, 6.45) is 6.83. The number of nitrogens with one attached hydrogen (secondary N) is 1. The Morgan fingerprint density at radius 3 is 2.38 bits per heavy atom. The highest BCUT2D eigenvalue weighted by Gasteiger charge is 2.19. The standard InChI is InChI=1S/C16H23N3O2/c17-15(19-21)13-9-7-12(8-10-13)11-18-16(20)14-5-3-1-2-4-6-14/h7-10,14,21H,1-6,11H2,(H2,17,19)(H,18,20). The summed E-state index contributed by atoms with van der Waals surface area (Å²) in [7, 11) is 0. The fourth-order valence-corrected chi connectivity index (χ4v) is 2.73. The Labute approximate surface area is 125 Å². The average Bonchev–Trinajstić information content (AvgIpc) is 2.81. The molecule has 1 aromatic rings. The minimum Gasteiger partial charge on any atom is -0.409 e. The van der Waals surface area contributed by atoms with Gasteiger partial charge < -0.3 is 16.3 Å². The van der Waals surface area contributed by atoms with E-state index in [1.807, 2.05) is 12.1 Å². The lowest BCUT2D eigenvalue weighted by Gasteiger charge is -2.14.